The van der Waals surface area contributed by atoms with Crippen LogP contribution in [0.2, 0.25) is 0 Å². The van der Waals surface area contributed by atoms with Crippen molar-refractivity contribution in [2.24, 2.45) is 10.9 Å². The van der Waals surface area contributed by atoms with E-state index in [1.165, 1.54) is 12.1 Å². The van der Waals surface area contributed by atoms with Crippen molar-refractivity contribution in [3.63, 3.8) is 0 Å². The molecule has 2 aliphatic heterocycles. The molecular formula is C22H29F2N3O2. The van der Waals surface area contributed by atoms with Gasteiger partial charge in [0.05, 0.1) is 11.3 Å². The lowest BCUT2D eigenvalue weighted by Gasteiger charge is -2.35. The van der Waals surface area contributed by atoms with Gasteiger partial charge in [-0.3, -0.25) is 14.7 Å². The first kappa shape index (κ1) is 21.6. The highest BCUT2D eigenvalue weighted by atomic mass is 19.1. The Labute approximate surface area is 170 Å². The molecular weight excluding hydrogens is 376 g/mol. The van der Waals surface area contributed by atoms with E-state index in [9.17, 15) is 13.6 Å². The Balaban J connectivity index is 1.51. The zero-order valence-corrected chi connectivity index (χ0v) is 17.3. The summed E-state index contributed by atoms with van der Waals surface area (Å²) in [5.41, 5.74) is 0.884. The summed E-state index contributed by atoms with van der Waals surface area (Å²) in [6.07, 6.45) is 4.71. The monoisotopic (exact) mass is 405 g/mol. The lowest BCUT2D eigenvalue weighted by atomic mass is 9.89. The van der Waals surface area contributed by atoms with Gasteiger partial charge < -0.3 is 10.1 Å². The predicted octanol–water partition coefficient (Wildman–Crippen LogP) is 3.45. The molecule has 0 aliphatic carbocycles. The number of hydrogen-bond acceptors (Lipinski definition) is 5. The summed E-state index contributed by atoms with van der Waals surface area (Å²) in [5, 5.41) is 3.20. The molecule has 1 saturated heterocycles. The zero-order chi connectivity index (χ0) is 21.0. The number of carbonyl (C=O) groups excluding carboxylic acids is 1. The second kappa shape index (κ2) is 9.13. The topological polar surface area (TPSA) is 53.9 Å². The third-order valence-corrected chi connectivity index (χ3v) is 5.14. The summed E-state index contributed by atoms with van der Waals surface area (Å²) in [6.45, 7) is 8.23. The third-order valence-electron chi connectivity index (χ3n) is 5.14. The van der Waals surface area contributed by atoms with E-state index >= 15 is 0 Å². The fourth-order valence-electron chi connectivity index (χ4n) is 3.65. The molecule has 2 heterocycles. The van der Waals surface area contributed by atoms with E-state index in [2.05, 4.69) is 15.2 Å². The number of benzene rings is 1. The number of halogens is 2. The average molecular weight is 405 g/mol. The van der Waals surface area contributed by atoms with Crippen LogP contribution in [0.5, 0.6) is 0 Å². The molecule has 0 aromatic heterocycles. The minimum Gasteiger partial charge on any atom is -0.360 e. The standard InChI is InChI=1S/C22H29F2N3O2/c1-22(2,3)29-21-19(25-8-9-26-21)14-27-10-6-15(7-11-27)20(28)12-16-4-5-17(23)13-18(16)24/h4-5,8-9,13,15,21,26H,6-7,10-12,14H2,1-3H3. The van der Waals surface area contributed by atoms with Gasteiger partial charge in [-0.25, -0.2) is 8.78 Å². The highest BCUT2D eigenvalue weighted by Crippen LogP contribution is 2.22. The van der Waals surface area contributed by atoms with E-state index in [0.717, 1.165) is 37.7 Å². The fourth-order valence-corrected chi connectivity index (χ4v) is 3.65. The molecule has 5 nitrogen and oxygen atoms in total. The Hall–Kier alpha value is -2.12. The molecule has 1 N–H and O–H groups in total. The van der Waals surface area contributed by atoms with Crippen LogP contribution in [-0.4, -0.2) is 47.9 Å². The second-order valence-corrected chi connectivity index (χ2v) is 8.64. The number of likely N-dealkylation sites (tertiary alicyclic amines) is 1. The van der Waals surface area contributed by atoms with Crippen molar-refractivity contribution in [1.29, 1.82) is 0 Å². The van der Waals surface area contributed by atoms with Gasteiger partial charge in [0.25, 0.3) is 0 Å². The van der Waals surface area contributed by atoms with Crippen molar-refractivity contribution in [3.05, 3.63) is 47.8 Å². The lowest BCUT2D eigenvalue weighted by Crippen LogP contribution is -2.49. The minimum atomic E-state index is -0.656. The highest BCUT2D eigenvalue weighted by molar-refractivity contribution is 5.91. The summed E-state index contributed by atoms with van der Waals surface area (Å²) >= 11 is 0. The molecule has 2 aliphatic rings. The number of hydrogen-bond donors (Lipinski definition) is 1. The van der Waals surface area contributed by atoms with E-state index in [-0.39, 0.29) is 35.5 Å². The van der Waals surface area contributed by atoms with Crippen LogP contribution in [0.15, 0.2) is 35.6 Å². The Kier molecular flexibility index (Phi) is 6.80. The van der Waals surface area contributed by atoms with E-state index in [1.54, 1.807) is 12.4 Å². The number of Topliss-reactive ketones (excluding diaryl/α,β-unsaturated/α-hetero) is 1. The maximum absolute atomic E-state index is 13.8. The molecule has 7 heteroatoms. The maximum Gasteiger partial charge on any atom is 0.168 e. The third kappa shape index (κ3) is 6.18. The van der Waals surface area contributed by atoms with Crippen LogP contribution < -0.4 is 5.32 Å². The van der Waals surface area contributed by atoms with Crippen LogP contribution in [0.1, 0.15) is 39.2 Å². The van der Waals surface area contributed by atoms with E-state index in [1.807, 2.05) is 20.8 Å². The first-order valence-electron chi connectivity index (χ1n) is 10.1. The Morgan fingerprint density at radius 3 is 2.66 bits per heavy atom. The van der Waals surface area contributed by atoms with Gasteiger partial charge >= 0.3 is 0 Å². The number of aliphatic imine (C=N–C) groups is 1. The van der Waals surface area contributed by atoms with Gasteiger partial charge in [-0.1, -0.05) is 6.07 Å². The molecule has 0 radical (unpaired) electrons. The van der Waals surface area contributed by atoms with Crippen LogP contribution in [0.25, 0.3) is 0 Å². The molecule has 1 fully saturated rings. The second-order valence-electron chi connectivity index (χ2n) is 8.64. The number of carbonyl (C=O) groups is 1. The summed E-state index contributed by atoms with van der Waals surface area (Å²) in [6, 6.07) is 3.38. The maximum atomic E-state index is 13.8. The van der Waals surface area contributed by atoms with Crippen molar-refractivity contribution >= 4 is 11.5 Å². The van der Waals surface area contributed by atoms with Gasteiger partial charge in [0.15, 0.2) is 6.23 Å². The average Bonchev–Trinajstić information content (AvgIpc) is 2.65. The first-order valence-corrected chi connectivity index (χ1v) is 10.1. The number of ketones is 1. The van der Waals surface area contributed by atoms with Gasteiger partial charge in [-0.05, 0) is 58.3 Å². The van der Waals surface area contributed by atoms with Crippen molar-refractivity contribution < 1.29 is 18.3 Å². The molecule has 1 unspecified atom stereocenters. The van der Waals surface area contributed by atoms with E-state index < -0.39 is 11.6 Å². The smallest absolute Gasteiger partial charge is 0.168 e. The highest BCUT2D eigenvalue weighted by Gasteiger charge is 2.29. The van der Waals surface area contributed by atoms with E-state index in [4.69, 9.17) is 4.74 Å². The summed E-state index contributed by atoms with van der Waals surface area (Å²) in [7, 11) is 0. The number of ether oxygens (including phenoxy) is 1. The molecule has 158 valence electrons. The molecule has 1 aromatic rings. The van der Waals surface area contributed by atoms with E-state index in [0.29, 0.717) is 6.54 Å². The summed E-state index contributed by atoms with van der Waals surface area (Å²) < 4.78 is 32.9. The molecule has 0 saturated carbocycles. The molecule has 1 aromatic carbocycles. The predicted molar refractivity (Wildman–Crippen MR) is 109 cm³/mol. The van der Waals surface area contributed by atoms with Gasteiger partial charge in [0.1, 0.15) is 17.4 Å². The Bertz CT molecular complexity index is 794. The van der Waals surface area contributed by atoms with Crippen molar-refractivity contribution in [3.8, 4) is 0 Å². The summed E-state index contributed by atoms with van der Waals surface area (Å²) in [4.78, 5) is 19.3. The number of piperidine rings is 1. The molecule has 3 rings (SSSR count). The Morgan fingerprint density at radius 1 is 1.28 bits per heavy atom. The molecule has 0 amide bonds. The number of nitrogens with zero attached hydrogens (tertiary/aromatic N) is 2. The van der Waals surface area contributed by atoms with Crippen LogP contribution in [0.4, 0.5) is 8.78 Å². The van der Waals surface area contributed by atoms with Crippen LogP contribution in [-0.2, 0) is 16.0 Å². The van der Waals surface area contributed by atoms with Gasteiger partial charge in [0, 0.05) is 37.3 Å². The first-order chi connectivity index (χ1) is 13.7. The summed E-state index contributed by atoms with van der Waals surface area (Å²) in [5.74, 6) is -1.36. The number of rotatable bonds is 6. The van der Waals surface area contributed by atoms with Gasteiger partial charge in [0.2, 0.25) is 0 Å². The van der Waals surface area contributed by atoms with Gasteiger partial charge in [-0.15, -0.1) is 0 Å². The lowest BCUT2D eigenvalue weighted by molar-refractivity contribution is -0.123. The quantitative estimate of drug-likeness (QED) is 0.788. The van der Waals surface area contributed by atoms with Crippen molar-refractivity contribution in [1.82, 2.24) is 10.2 Å². The Morgan fingerprint density at radius 2 is 2.00 bits per heavy atom. The normalized spacial score (nSPS) is 21.0. The van der Waals surface area contributed by atoms with Crippen LogP contribution in [0.3, 0.4) is 0 Å². The molecule has 1 atom stereocenters. The van der Waals surface area contributed by atoms with Crippen molar-refractivity contribution in [2.75, 3.05) is 19.6 Å². The fraction of sp³-hybridized carbons (Fsp3) is 0.545. The zero-order valence-electron chi connectivity index (χ0n) is 17.3. The van der Waals surface area contributed by atoms with Crippen LogP contribution in [0, 0.1) is 17.6 Å². The molecule has 29 heavy (non-hydrogen) atoms. The molecule has 0 bridgehead atoms. The number of nitrogens with one attached hydrogen (secondary N) is 1. The molecule has 0 spiro atoms. The minimum absolute atomic E-state index is 0.0136. The van der Waals surface area contributed by atoms with Crippen molar-refractivity contribution in [2.45, 2.75) is 51.9 Å². The SMILES string of the molecule is CC(C)(C)OC1NC=CN=C1CN1CCC(C(=O)Cc2ccc(F)cc2F)CC1. The van der Waals surface area contributed by atoms with Crippen LogP contribution >= 0.6 is 0 Å². The van der Waals surface area contributed by atoms with Gasteiger partial charge in [-0.2, -0.15) is 0 Å². The largest absolute Gasteiger partial charge is 0.360 e.